The van der Waals surface area contributed by atoms with Gasteiger partial charge in [0.15, 0.2) is 11.5 Å². The number of rotatable bonds is 1. The zero-order chi connectivity index (χ0) is 15.8. The maximum absolute atomic E-state index is 12.6. The normalized spacial score (nSPS) is 20.3. The van der Waals surface area contributed by atoms with Gasteiger partial charge < -0.3 is 14.8 Å². The van der Waals surface area contributed by atoms with Crippen molar-refractivity contribution < 1.29 is 19.1 Å². The quantitative estimate of drug-likeness (QED) is 0.864. The second-order valence-electron chi connectivity index (χ2n) is 6.31. The molecule has 2 aliphatic heterocycles. The van der Waals surface area contributed by atoms with Gasteiger partial charge in [-0.25, -0.2) is 9.69 Å². The molecule has 0 bridgehead atoms. The van der Waals surface area contributed by atoms with Gasteiger partial charge in [-0.3, -0.25) is 4.79 Å². The van der Waals surface area contributed by atoms with E-state index in [9.17, 15) is 9.59 Å². The van der Waals surface area contributed by atoms with Gasteiger partial charge in [0.1, 0.15) is 13.2 Å². The molecule has 1 saturated carbocycles. The third-order valence-electron chi connectivity index (χ3n) is 4.71. The number of benzene rings is 1. The van der Waals surface area contributed by atoms with Crippen molar-refractivity contribution in [3.05, 3.63) is 17.7 Å². The highest BCUT2D eigenvalue weighted by molar-refractivity contribution is 6.19. The molecule has 6 heteroatoms. The Balaban J connectivity index is 1.58. The third kappa shape index (κ3) is 2.62. The summed E-state index contributed by atoms with van der Waals surface area (Å²) in [6.45, 7) is 0.986. The molecule has 122 valence electrons. The van der Waals surface area contributed by atoms with Crippen LogP contribution in [0, 0.1) is 0 Å². The molecule has 1 fully saturated rings. The van der Waals surface area contributed by atoms with Crippen molar-refractivity contribution in [1.29, 1.82) is 0 Å². The monoisotopic (exact) mass is 316 g/mol. The summed E-state index contributed by atoms with van der Waals surface area (Å²) < 4.78 is 11.1. The zero-order valence-electron chi connectivity index (χ0n) is 13.0. The molecule has 6 nitrogen and oxygen atoms in total. The van der Waals surface area contributed by atoms with Crippen LogP contribution in [0.4, 0.5) is 10.5 Å². The highest BCUT2D eigenvalue weighted by Crippen LogP contribution is 2.40. The average molecular weight is 316 g/mol. The Morgan fingerprint density at radius 2 is 1.78 bits per heavy atom. The van der Waals surface area contributed by atoms with Crippen LogP contribution >= 0.6 is 0 Å². The Morgan fingerprint density at radius 1 is 1.09 bits per heavy atom. The Morgan fingerprint density at radius 3 is 2.52 bits per heavy atom. The third-order valence-corrected chi connectivity index (χ3v) is 4.71. The van der Waals surface area contributed by atoms with E-state index in [1.54, 1.807) is 6.07 Å². The summed E-state index contributed by atoms with van der Waals surface area (Å²) in [4.78, 5) is 26.1. The van der Waals surface area contributed by atoms with E-state index in [1.807, 2.05) is 6.07 Å². The lowest BCUT2D eigenvalue weighted by Crippen LogP contribution is -2.47. The van der Waals surface area contributed by atoms with Crippen LogP contribution in [0.3, 0.4) is 0 Å². The minimum absolute atomic E-state index is 0.172. The van der Waals surface area contributed by atoms with Crippen LogP contribution in [0.25, 0.3) is 0 Å². The standard InChI is InChI=1S/C17H20N2O4/c20-16-9-11-8-14-15(23-7-6-22-14)10-13(11)19(16)17(21)18-12-4-2-1-3-5-12/h8,10,12H,1-7,9H2,(H,18,21). The summed E-state index contributed by atoms with van der Waals surface area (Å²) in [6, 6.07) is 3.41. The van der Waals surface area contributed by atoms with Gasteiger partial charge in [0.25, 0.3) is 0 Å². The van der Waals surface area contributed by atoms with Gasteiger partial charge in [0.05, 0.1) is 12.1 Å². The molecular weight excluding hydrogens is 296 g/mol. The van der Waals surface area contributed by atoms with Crippen LogP contribution in [-0.4, -0.2) is 31.2 Å². The van der Waals surface area contributed by atoms with Gasteiger partial charge in [-0.2, -0.15) is 0 Å². The first-order valence-corrected chi connectivity index (χ1v) is 8.28. The molecular formula is C17H20N2O4. The average Bonchev–Trinajstić information content (AvgIpc) is 2.88. The van der Waals surface area contributed by atoms with Crippen molar-refractivity contribution in [2.24, 2.45) is 0 Å². The fraction of sp³-hybridized carbons (Fsp3) is 0.529. The van der Waals surface area contributed by atoms with Crippen molar-refractivity contribution in [1.82, 2.24) is 5.32 Å². The summed E-state index contributed by atoms with van der Waals surface area (Å²) in [5.74, 6) is 1.05. The summed E-state index contributed by atoms with van der Waals surface area (Å²) in [7, 11) is 0. The molecule has 2 heterocycles. The number of carbonyl (C=O) groups excluding carboxylic acids is 2. The molecule has 4 rings (SSSR count). The number of ether oxygens (including phenoxy) is 2. The first-order valence-electron chi connectivity index (χ1n) is 8.28. The van der Waals surface area contributed by atoms with Gasteiger partial charge >= 0.3 is 6.03 Å². The predicted octanol–water partition coefficient (Wildman–Crippen LogP) is 2.39. The van der Waals surface area contributed by atoms with E-state index in [0.717, 1.165) is 31.2 Å². The molecule has 0 atom stereocenters. The predicted molar refractivity (Wildman–Crippen MR) is 84.0 cm³/mol. The molecule has 0 radical (unpaired) electrons. The smallest absolute Gasteiger partial charge is 0.328 e. The number of fused-ring (bicyclic) bond motifs is 2. The van der Waals surface area contributed by atoms with Gasteiger partial charge in [0, 0.05) is 12.1 Å². The van der Waals surface area contributed by atoms with E-state index in [2.05, 4.69) is 5.32 Å². The SMILES string of the molecule is O=C1Cc2cc3c(cc2N1C(=O)NC1CCCCC1)OCCO3. The largest absolute Gasteiger partial charge is 0.486 e. The number of carbonyl (C=O) groups is 2. The van der Waals surface area contributed by atoms with Crippen molar-refractivity contribution in [3.63, 3.8) is 0 Å². The number of nitrogens with zero attached hydrogens (tertiary/aromatic N) is 1. The van der Waals surface area contributed by atoms with E-state index in [0.29, 0.717) is 30.4 Å². The highest BCUT2D eigenvalue weighted by atomic mass is 16.6. The topological polar surface area (TPSA) is 67.9 Å². The number of hydrogen-bond acceptors (Lipinski definition) is 4. The van der Waals surface area contributed by atoms with Crippen molar-refractivity contribution in [2.75, 3.05) is 18.1 Å². The second-order valence-corrected chi connectivity index (χ2v) is 6.31. The van der Waals surface area contributed by atoms with Crippen molar-refractivity contribution >= 4 is 17.6 Å². The maximum atomic E-state index is 12.6. The number of nitrogens with one attached hydrogen (secondary N) is 1. The highest BCUT2D eigenvalue weighted by Gasteiger charge is 2.35. The first-order chi connectivity index (χ1) is 11.2. The number of amides is 3. The molecule has 1 aromatic carbocycles. The van der Waals surface area contributed by atoms with Gasteiger partial charge in [-0.05, 0) is 24.5 Å². The van der Waals surface area contributed by atoms with Crippen LogP contribution in [0.5, 0.6) is 11.5 Å². The van der Waals surface area contributed by atoms with Gasteiger partial charge in [-0.15, -0.1) is 0 Å². The van der Waals surface area contributed by atoms with E-state index >= 15 is 0 Å². The lowest BCUT2D eigenvalue weighted by Gasteiger charge is -2.26. The molecule has 3 aliphatic rings. The van der Waals surface area contributed by atoms with Crippen LogP contribution in [0.2, 0.25) is 0 Å². The molecule has 0 unspecified atom stereocenters. The molecule has 1 aromatic rings. The van der Waals surface area contributed by atoms with Crippen LogP contribution in [-0.2, 0) is 11.2 Å². The first kappa shape index (κ1) is 14.4. The van der Waals surface area contributed by atoms with Gasteiger partial charge in [0.2, 0.25) is 5.91 Å². The molecule has 0 spiro atoms. The van der Waals surface area contributed by atoms with E-state index in [4.69, 9.17) is 9.47 Å². The molecule has 1 aliphatic carbocycles. The Hall–Kier alpha value is -2.24. The van der Waals surface area contributed by atoms with Crippen LogP contribution in [0.1, 0.15) is 37.7 Å². The minimum Gasteiger partial charge on any atom is -0.486 e. The number of imide groups is 1. The Labute approximate surface area is 134 Å². The minimum atomic E-state index is -0.322. The summed E-state index contributed by atoms with van der Waals surface area (Å²) in [5.41, 5.74) is 1.44. The Kier molecular flexibility index (Phi) is 3.59. The molecule has 0 aromatic heterocycles. The number of hydrogen-bond donors (Lipinski definition) is 1. The molecule has 0 saturated heterocycles. The van der Waals surface area contributed by atoms with Gasteiger partial charge in [-0.1, -0.05) is 19.3 Å². The number of urea groups is 1. The molecule has 23 heavy (non-hydrogen) atoms. The molecule has 1 N–H and O–H groups in total. The van der Waals surface area contributed by atoms with Crippen LogP contribution < -0.4 is 19.7 Å². The lowest BCUT2D eigenvalue weighted by atomic mass is 9.96. The maximum Gasteiger partial charge on any atom is 0.328 e. The lowest BCUT2D eigenvalue weighted by molar-refractivity contribution is -0.116. The van der Waals surface area contributed by atoms with Crippen molar-refractivity contribution in [3.8, 4) is 11.5 Å². The fourth-order valence-corrected chi connectivity index (χ4v) is 3.55. The number of anilines is 1. The second kappa shape index (κ2) is 5.76. The summed E-state index contributed by atoms with van der Waals surface area (Å²) in [6.07, 6.45) is 5.69. The fourth-order valence-electron chi connectivity index (χ4n) is 3.55. The summed E-state index contributed by atoms with van der Waals surface area (Å²) >= 11 is 0. The van der Waals surface area contributed by atoms with E-state index in [-0.39, 0.29) is 24.4 Å². The van der Waals surface area contributed by atoms with Crippen LogP contribution in [0.15, 0.2) is 12.1 Å². The summed E-state index contributed by atoms with van der Waals surface area (Å²) in [5, 5.41) is 3.01. The zero-order valence-corrected chi connectivity index (χ0v) is 13.0. The van der Waals surface area contributed by atoms with Crippen molar-refractivity contribution in [2.45, 2.75) is 44.6 Å². The van der Waals surface area contributed by atoms with E-state index < -0.39 is 0 Å². The Bertz CT molecular complexity index is 652. The molecule has 3 amide bonds. The van der Waals surface area contributed by atoms with E-state index in [1.165, 1.54) is 11.3 Å².